The molecule has 25 heavy (non-hydrogen) atoms. The molecule has 0 atom stereocenters. The number of nitrogens with two attached hydrogens (primary N) is 1. The van der Waals surface area contributed by atoms with Gasteiger partial charge in [0, 0.05) is 44.4 Å². The van der Waals surface area contributed by atoms with E-state index >= 15 is 0 Å². The smallest absolute Gasteiger partial charge is 0.410 e. The van der Waals surface area contributed by atoms with Gasteiger partial charge in [0.1, 0.15) is 15.4 Å². The zero-order valence-electron chi connectivity index (χ0n) is 15.6. The van der Waals surface area contributed by atoms with E-state index in [9.17, 15) is 13.2 Å². The minimum Gasteiger partial charge on any atom is -0.444 e. The Labute approximate surface area is 150 Å². The minimum atomic E-state index is -3.01. The molecule has 1 aliphatic carbocycles. The molecule has 1 saturated carbocycles. The molecular formula is C16H30N4O4S. The molecule has 2 rings (SSSR count). The van der Waals surface area contributed by atoms with Gasteiger partial charge in [0.15, 0.2) is 5.96 Å². The van der Waals surface area contributed by atoms with Gasteiger partial charge in [-0.1, -0.05) is 0 Å². The fraction of sp³-hybridized carbons (Fsp3) is 0.875. The quantitative estimate of drug-likeness (QED) is 0.573. The number of carbonyl (C=O) groups excluding carboxylic acids is 1. The first kappa shape index (κ1) is 19.8. The lowest BCUT2D eigenvalue weighted by Gasteiger charge is -2.36. The maximum atomic E-state index is 12.1. The second-order valence-corrected chi connectivity index (χ2v) is 10.3. The molecule has 0 aromatic heterocycles. The maximum absolute atomic E-state index is 12.1. The van der Waals surface area contributed by atoms with Gasteiger partial charge in [0.05, 0.1) is 5.75 Å². The third kappa shape index (κ3) is 6.37. The van der Waals surface area contributed by atoms with E-state index in [4.69, 9.17) is 10.5 Å². The van der Waals surface area contributed by atoms with Crippen LogP contribution in [0.3, 0.4) is 0 Å². The van der Waals surface area contributed by atoms with Gasteiger partial charge in [-0.25, -0.2) is 13.2 Å². The molecule has 0 bridgehead atoms. The predicted molar refractivity (Wildman–Crippen MR) is 97.2 cm³/mol. The molecule has 0 aromatic carbocycles. The Balaban J connectivity index is 1.83. The fourth-order valence-electron chi connectivity index (χ4n) is 2.87. The molecule has 8 nitrogen and oxygen atoms in total. The number of guanidine groups is 1. The van der Waals surface area contributed by atoms with Crippen molar-refractivity contribution in [3.05, 3.63) is 0 Å². The van der Waals surface area contributed by atoms with E-state index in [1.807, 2.05) is 25.7 Å². The highest BCUT2D eigenvalue weighted by Gasteiger charge is 2.45. The van der Waals surface area contributed by atoms with Crippen molar-refractivity contribution < 1.29 is 17.9 Å². The van der Waals surface area contributed by atoms with Crippen LogP contribution in [-0.2, 0) is 14.6 Å². The molecule has 1 amide bonds. The van der Waals surface area contributed by atoms with Crippen LogP contribution in [0.15, 0.2) is 4.99 Å². The van der Waals surface area contributed by atoms with Crippen molar-refractivity contribution in [2.75, 3.05) is 44.7 Å². The Morgan fingerprint density at radius 1 is 1.16 bits per heavy atom. The molecule has 0 radical (unpaired) electrons. The van der Waals surface area contributed by atoms with Crippen molar-refractivity contribution in [3.63, 3.8) is 0 Å². The van der Waals surface area contributed by atoms with E-state index in [2.05, 4.69) is 4.99 Å². The summed E-state index contributed by atoms with van der Waals surface area (Å²) < 4.78 is 28.4. The SMILES string of the molecule is CC(C)(C)OC(=O)N1CCN(C(N)=NCC2(CS(C)(=O)=O)CC2)CC1. The molecule has 144 valence electrons. The van der Waals surface area contributed by atoms with Gasteiger partial charge in [-0.3, -0.25) is 4.99 Å². The molecule has 0 aromatic rings. The highest BCUT2D eigenvalue weighted by molar-refractivity contribution is 7.90. The molecule has 0 unspecified atom stereocenters. The van der Waals surface area contributed by atoms with Crippen LogP contribution >= 0.6 is 0 Å². The van der Waals surface area contributed by atoms with E-state index in [1.54, 1.807) is 4.90 Å². The van der Waals surface area contributed by atoms with Gasteiger partial charge in [0.2, 0.25) is 0 Å². The predicted octanol–water partition coefficient (Wildman–Crippen LogP) is 0.679. The summed E-state index contributed by atoms with van der Waals surface area (Å²) >= 11 is 0. The Kier molecular flexibility index (Phi) is 5.56. The number of aliphatic imine (C=N–C) groups is 1. The second kappa shape index (κ2) is 7.01. The Hall–Kier alpha value is -1.51. The summed E-state index contributed by atoms with van der Waals surface area (Å²) in [6, 6.07) is 0. The topological polar surface area (TPSA) is 105 Å². The maximum Gasteiger partial charge on any atom is 0.410 e. The van der Waals surface area contributed by atoms with Crippen molar-refractivity contribution in [1.29, 1.82) is 0 Å². The largest absolute Gasteiger partial charge is 0.444 e. The number of amides is 1. The van der Waals surface area contributed by atoms with Gasteiger partial charge in [0.25, 0.3) is 0 Å². The van der Waals surface area contributed by atoms with Gasteiger partial charge >= 0.3 is 6.09 Å². The van der Waals surface area contributed by atoms with Crippen LogP contribution in [0.1, 0.15) is 33.6 Å². The Morgan fingerprint density at radius 3 is 2.12 bits per heavy atom. The highest BCUT2D eigenvalue weighted by atomic mass is 32.2. The highest BCUT2D eigenvalue weighted by Crippen LogP contribution is 2.46. The summed E-state index contributed by atoms with van der Waals surface area (Å²) in [5, 5.41) is 0. The van der Waals surface area contributed by atoms with Crippen LogP contribution in [0, 0.1) is 5.41 Å². The number of hydrogen-bond donors (Lipinski definition) is 1. The number of rotatable bonds is 4. The minimum absolute atomic E-state index is 0.170. The third-order valence-corrected chi connectivity index (χ3v) is 5.49. The van der Waals surface area contributed by atoms with Crippen LogP contribution in [0.4, 0.5) is 4.79 Å². The zero-order valence-corrected chi connectivity index (χ0v) is 16.4. The van der Waals surface area contributed by atoms with Crippen molar-refractivity contribution >= 4 is 21.9 Å². The normalized spacial score (nSPS) is 21.2. The Morgan fingerprint density at radius 2 is 1.68 bits per heavy atom. The van der Waals surface area contributed by atoms with Gasteiger partial charge in [-0.05, 0) is 33.6 Å². The lowest BCUT2D eigenvalue weighted by Crippen LogP contribution is -2.53. The fourth-order valence-corrected chi connectivity index (χ4v) is 4.37. The molecule has 1 saturated heterocycles. The summed E-state index contributed by atoms with van der Waals surface area (Å²) in [4.78, 5) is 20.1. The average Bonchev–Trinajstić information content (AvgIpc) is 3.21. The van der Waals surface area contributed by atoms with E-state index in [1.165, 1.54) is 6.26 Å². The van der Waals surface area contributed by atoms with Crippen LogP contribution in [0.25, 0.3) is 0 Å². The monoisotopic (exact) mass is 374 g/mol. The molecule has 9 heteroatoms. The summed E-state index contributed by atoms with van der Waals surface area (Å²) in [6.07, 6.45) is 2.70. The number of piperazine rings is 1. The summed E-state index contributed by atoms with van der Waals surface area (Å²) in [7, 11) is -3.01. The summed E-state index contributed by atoms with van der Waals surface area (Å²) in [5.74, 6) is 0.590. The molecule has 1 heterocycles. The summed E-state index contributed by atoms with van der Waals surface area (Å²) in [5.41, 5.74) is 5.33. The van der Waals surface area contributed by atoms with E-state index in [0.29, 0.717) is 38.7 Å². The van der Waals surface area contributed by atoms with Gasteiger partial charge in [-0.2, -0.15) is 0 Å². The molecule has 2 N–H and O–H groups in total. The third-order valence-electron chi connectivity index (χ3n) is 4.36. The average molecular weight is 375 g/mol. The molecule has 1 aliphatic heterocycles. The van der Waals surface area contributed by atoms with Crippen molar-refractivity contribution in [2.24, 2.45) is 16.1 Å². The van der Waals surface area contributed by atoms with Crippen LogP contribution in [-0.4, -0.2) is 80.6 Å². The number of ether oxygens (including phenoxy) is 1. The first-order valence-electron chi connectivity index (χ1n) is 8.60. The lowest BCUT2D eigenvalue weighted by atomic mass is 10.1. The molecule has 0 spiro atoms. The first-order chi connectivity index (χ1) is 11.4. The number of nitrogens with zero attached hydrogens (tertiary/aromatic N) is 3. The molecular weight excluding hydrogens is 344 g/mol. The van der Waals surface area contributed by atoms with E-state index in [-0.39, 0.29) is 17.3 Å². The molecule has 2 aliphatic rings. The van der Waals surface area contributed by atoms with E-state index in [0.717, 1.165) is 12.8 Å². The van der Waals surface area contributed by atoms with Crippen molar-refractivity contribution in [1.82, 2.24) is 9.80 Å². The Bertz CT molecular complexity index is 627. The number of sulfone groups is 1. The number of hydrogen-bond acceptors (Lipinski definition) is 5. The standard InChI is InChI=1S/C16H30N4O4S/c1-15(2,3)24-14(21)20-9-7-19(8-10-20)13(17)18-11-16(5-6-16)12-25(4,22)23/h5-12H2,1-4H3,(H2,17,18). The summed E-state index contributed by atoms with van der Waals surface area (Å²) in [6.45, 7) is 8.21. The lowest BCUT2D eigenvalue weighted by molar-refractivity contribution is 0.0186. The van der Waals surface area contributed by atoms with E-state index < -0.39 is 15.4 Å². The van der Waals surface area contributed by atoms with Crippen LogP contribution in [0.5, 0.6) is 0 Å². The first-order valence-corrected chi connectivity index (χ1v) is 10.7. The van der Waals surface area contributed by atoms with Crippen molar-refractivity contribution in [2.45, 2.75) is 39.2 Å². The van der Waals surface area contributed by atoms with Crippen molar-refractivity contribution in [3.8, 4) is 0 Å². The molecule has 2 fully saturated rings. The van der Waals surface area contributed by atoms with Gasteiger partial charge < -0.3 is 20.3 Å². The van der Waals surface area contributed by atoms with Gasteiger partial charge in [-0.15, -0.1) is 0 Å². The van der Waals surface area contributed by atoms with Crippen LogP contribution < -0.4 is 5.73 Å². The second-order valence-electron chi connectivity index (χ2n) is 8.20. The number of carbonyl (C=O) groups is 1. The van der Waals surface area contributed by atoms with Crippen LogP contribution in [0.2, 0.25) is 0 Å². The zero-order chi connectivity index (χ0) is 18.9.